The Hall–Kier alpha value is -0.940. The molecule has 0 unspecified atom stereocenters. The molecule has 1 aliphatic carbocycles. The Bertz CT molecular complexity index is 494. The van der Waals surface area contributed by atoms with Crippen LogP contribution in [0.15, 0.2) is 0 Å². The van der Waals surface area contributed by atoms with Gasteiger partial charge < -0.3 is 4.90 Å². The van der Waals surface area contributed by atoms with Gasteiger partial charge in [-0.15, -0.1) is 11.3 Å². The fourth-order valence-electron chi connectivity index (χ4n) is 3.54. The zero-order valence-electron chi connectivity index (χ0n) is 13.8. The molecule has 0 atom stereocenters. The highest BCUT2D eigenvalue weighted by molar-refractivity contribution is 7.11. The summed E-state index contributed by atoms with van der Waals surface area (Å²) in [4.78, 5) is 22.8. The van der Waals surface area contributed by atoms with Crippen molar-refractivity contribution >= 4 is 17.2 Å². The second-order valence-corrected chi connectivity index (χ2v) is 8.05. The smallest absolute Gasteiger partial charge is 0.222 e. The number of piperazine rings is 1. The molecule has 122 valence electrons. The van der Waals surface area contributed by atoms with Gasteiger partial charge in [0.2, 0.25) is 5.91 Å². The number of carbonyl (C=O) groups is 1. The minimum absolute atomic E-state index is 0.382. The van der Waals surface area contributed by atoms with E-state index in [0.717, 1.165) is 44.8 Å². The number of thiazole rings is 1. The molecule has 1 aromatic rings. The van der Waals surface area contributed by atoms with E-state index >= 15 is 0 Å². The van der Waals surface area contributed by atoms with Crippen molar-refractivity contribution in [2.24, 2.45) is 5.92 Å². The van der Waals surface area contributed by atoms with E-state index in [1.165, 1.54) is 35.6 Å². The molecule has 0 N–H and O–H groups in total. The summed E-state index contributed by atoms with van der Waals surface area (Å²) in [7, 11) is 0. The molecule has 1 saturated carbocycles. The molecule has 3 rings (SSSR count). The Balaban J connectivity index is 1.44. The van der Waals surface area contributed by atoms with E-state index in [-0.39, 0.29) is 0 Å². The van der Waals surface area contributed by atoms with Crippen LogP contribution in [0.1, 0.15) is 47.7 Å². The standard InChI is InChI=1S/C17H27N3OS/c1-13-14(2)22-16(18-13)12-19-7-9-20(10-8-19)17(21)11-15-5-3-4-6-15/h15H,3-12H2,1-2H3. The van der Waals surface area contributed by atoms with Crippen molar-refractivity contribution in [3.05, 3.63) is 15.6 Å². The number of rotatable bonds is 4. The summed E-state index contributed by atoms with van der Waals surface area (Å²) in [5, 5.41) is 1.21. The van der Waals surface area contributed by atoms with Crippen LogP contribution in [0.5, 0.6) is 0 Å². The summed E-state index contributed by atoms with van der Waals surface area (Å²) >= 11 is 1.80. The molecule has 2 fully saturated rings. The van der Waals surface area contributed by atoms with Gasteiger partial charge in [-0.2, -0.15) is 0 Å². The largest absolute Gasteiger partial charge is 0.340 e. The highest BCUT2D eigenvalue weighted by Crippen LogP contribution is 2.28. The van der Waals surface area contributed by atoms with Gasteiger partial charge in [-0.3, -0.25) is 9.69 Å². The number of amides is 1. The number of nitrogens with zero attached hydrogens (tertiary/aromatic N) is 3. The number of hydrogen-bond donors (Lipinski definition) is 0. The van der Waals surface area contributed by atoms with E-state index in [4.69, 9.17) is 0 Å². The zero-order valence-corrected chi connectivity index (χ0v) is 14.6. The second kappa shape index (κ2) is 7.09. The molecule has 1 amide bonds. The molecule has 2 heterocycles. The van der Waals surface area contributed by atoms with Gasteiger partial charge in [0.1, 0.15) is 5.01 Å². The van der Waals surface area contributed by atoms with E-state index < -0.39 is 0 Å². The van der Waals surface area contributed by atoms with Gasteiger partial charge in [0.25, 0.3) is 0 Å². The predicted octanol–water partition coefficient (Wildman–Crippen LogP) is 2.98. The average molecular weight is 321 g/mol. The van der Waals surface area contributed by atoms with Crippen molar-refractivity contribution in [3.8, 4) is 0 Å². The van der Waals surface area contributed by atoms with Crippen LogP contribution in [-0.4, -0.2) is 46.9 Å². The third-order valence-electron chi connectivity index (χ3n) is 5.09. The molecule has 1 aliphatic heterocycles. The first-order valence-corrected chi connectivity index (χ1v) is 9.36. The lowest BCUT2D eigenvalue weighted by Gasteiger charge is -2.34. The minimum Gasteiger partial charge on any atom is -0.340 e. The minimum atomic E-state index is 0.382. The van der Waals surface area contributed by atoms with E-state index in [0.29, 0.717) is 11.8 Å². The summed E-state index contributed by atoms with van der Waals surface area (Å²) in [6, 6.07) is 0. The Morgan fingerprint density at radius 1 is 1.18 bits per heavy atom. The quantitative estimate of drug-likeness (QED) is 0.855. The summed E-state index contributed by atoms with van der Waals surface area (Å²) in [6.45, 7) is 8.88. The Morgan fingerprint density at radius 3 is 2.45 bits per heavy atom. The van der Waals surface area contributed by atoms with Crippen molar-refractivity contribution in [1.82, 2.24) is 14.8 Å². The van der Waals surface area contributed by atoms with Gasteiger partial charge in [-0.05, 0) is 32.6 Å². The van der Waals surface area contributed by atoms with Crippen LogP contribution in [0.2, 0.25) is 0 Å². The highest BCUT2D eigenvalue weighted by atomic mass is 32.1. The summed E-state index contributed by atoms with van der Waals surface area (Å²) in [6.07, 6.45) is 5.94. The van der Waals surface area contributed by atoms with Crippen LogP contribution in [0.4, 0.5) is 0 Å². The summed E-state index contributed by atoms with van der Waals surface area (Å²) < 4.78 is 0. The Morgan fingerprint density at radius 2 is 1.86 bits per heavy atom. The second-order valence-electron chi connectivity index (χ2n) is 6.76. The zero-order chi connectivity index (χ0) is 15.5. The molecule has 0 aromatic carbocycles. The number of aryl methyl sites for hydroxylation is 2. The molecule has 5 heteroatoms. The summed E-state index contributed by atoms with van der Waals surface area (Å²) in [5.74, 6) is 1.04. The summed E-state index contributed by atoms with van der Waals surface area (Å²) in [5.41, 5.74) is 1.16. The van der Waals surface area contributed by atoms with E-state index in [9.17, 15) is 4.79 Å². The van der Waals surface area contributed by atoms with Crippen molar-refractivity contribution in [2.75, 3.05) is 26.2 Å². The van der Waals surface area contributed by atoms with Crippen LogP contribution in [-0.2, 0) is 11.3 Å². The van der Waals surface area contributed by atoms with E-state index in [2.05, 4.69) is 28.6 Å². The Labute approximate surface area is 137 Å². The molecular weight excluding hydrogens is 294 g/mol. The first-order chi connectivity index (χ1) is 10.6. The molecule has 0 spiro atoms. The average Bonchev–Trinajstić information content (AvgIpc) is 3.10. The third kappa shape index (κ3) is 3.87. The van der Waals surface area contributed by atoms with Gasteiger partial charge in [-0.1, -0.05) is 12.8 Å². The maximum absolute atomic E-state index is 12.4. The van der Waals surface area contributed by atoms with Crippen molar-refractivity contribution in [3.63, 3.8) is 0 Å². The van der Waals surface area contributed by atoms with Crippen LogP contribution in [0.25, 0.3) is 0 Å². The topological polar surface area (TPSA) is 36.4 Å². The SMILES string of the molecule is Cc1nc(CN2CCN(C(=O)CC3CCCC3)CC2)sc1C. The number of hydrogen-bond acceptors (Lipinski definition) is 4. The monoisotopic (exact) mass is 321 g/mol. The predicted molar refractivity (Wildman–Crippen MR) is 90.0 cm³/mol. The van der Waals surface area contributed by atoms with E-state index in [1.54, 1.807) is 11.3 Å². The lowest BCUT2D eigenvalue weighted by atomic mass is 10.0. The highest BCUT2D eigenvalue weighted by Gasteiger charge is 2.25. The molecule has 1 saturated heterocycles. The molecule has 0 radical (unpaired) electrons. The van der Waals surface area contributed by atoms with Crippen LogP contribution < -0.4 is 0 Å². The van der Waals surface area contributed by atoms with Crippen molar-refractivity contribution < 1.29 is 4.79 Å². The maximum Gasteiger partial charge on any atom is 0.222 e. The van der Waals surface area contributed by atoms with Crippen LogP contribution in [0.3, 0.4) is 0 Å². The van der Waals surface area contributed by atoms with Gasteiger partial charge in [-0.25, -0.2) is 4.98 Å². The molecule has 0 bridgehead atoms. The molecular formula is C17H27N3OS. The first-order valence-electron chi connectivity index (χ1n) is 8.55. The van der Waals surface area contributed by atoms with Crippen LogP contribution >= 0.6 is 11.3 Å². The van der Waals surface area contributed by atoms with Crippen molar-refractivity contribution in [1.29, 1.82) is 0 Å². The molecule has 4 nitrogen and oxygen atoms in total. The first kappa shape index (κ1) is 15.9. The number of carbonyl (C=O) groups excluding carboxylic acids is 1. The molecule has 22 heavy (non-hydrogen) atoms. The van der Waals surface area contributed by atoms with Crippen molar-refractivity contribution in [2.45, 2.75) is 52.5 Å². The lowest BCUT2D eigenvalue weighted by Crippen LogP contribution is -2.48. The molecule has 1 aromatic heterocycles. The molecule has 2 aliphatic rings. The van der Waals surface area contributed by atoms with Crippen LogP contribution in [0, 0.1) is 19.8 Å². The fraction of sp³-hybridized carbons (Fsp3) is 0.765. The van der Waals surface area contributed by atoms with Gasteiger partial charge in [0, 0.05) is 37.5 Å². The Kier molecular flexibility index (Phi) is 5.14. The van der Waals surface area contributed by atoms with Gasteiger partial charge in [0.15, 0.2) is 0 Å². The maximum atomic E-state index is 12.4. The third-order valence-corrected chi connectivity index (χ3v) is 6.15. The normalized spacial score (nSPS) is 20.7. The van der Waals surface area contributed by atoms with Gasteiger partial charge >= 0.3 is 0 Å². The fourth-order valence-corrected chi connectivity index (χ4v) is 4.52. The van der Waals surface area contributed by atoms with Gasteiger partial charge in [0.05, 0.1) is 12.2 Å². The number of aromatic nitrogens is 1. The lowest BCUT2D eigenvalue weighted by molar-refractivity contribution is -0.134. The van der Waals surface area contributed by atoms with E-state index in [1.807, 2.05) is 0 Å².